The second-order valence-electron chi connectivity index (χ2n) is 5.46. The van der Waals surface area contributed by atoms with E-state index >= 15 is 0 Å². The van der Waals surface area contributed by atoms with E-state index in [0.717, 1.165) is 44.2 Å². The number of carbonyl (C=O) groups is 1. The molecule has 0 atom stereocenters. The summed E-state index contributed by atoms with van der Waals surface area (Å²) in [5.41, 5.74) is -0.926. The van der Waals surface area contributed by atoms with E-state index in [0.29, 0.717) is 0 Å². The van der Waals surface area contributed by atoms with Crippen molar-refractivity contribution in [1.29, 1.82) is 0 Å². The van der Waals surface area contributed by atoms with Gasteiger partial charge in [-0.3, -0.25) is 25.0 Å². The Balaban J connectivity index is 2.31. The predicted octanol–water partition coefficient (Wildman–Crippen LogP) is 2.87. The fourth-order valence-corrected chi connectivity index (χ4v) is 2.71. The summed E-state index contributed by atoms with van der Waals surface area (Å²) in [6.07, 6.45) is 4.91. The van der Waals surface area contributed by atoms with Crippen LogP contribution in [0.4, 0.5) is 11.4 Å². The van der Waals surface area contributed by atoms with Crippen LogP contribution in [-0.2, 0) is 0 Å². The molecule has 0 bridgehead atoms. The summed E-state index contributed by atoms with van der Waals surface area (Å²) in [6.45, 7) is 1.30. The lowest BCUT2D eigenvalue weighted by molar-refractivity contribution is -0.395. The number of rotatable bonds is 4. The molecule has 1 aromatic carbocycles. The third kappa shape index (κ3) is 3.38. The van der Waals surface area contributed by atoms with Gasteiger partial charge >= 0.3 is 0 Å². The summed E-state index contributed by atoms with van der Waals surface area (Å²) in [5.74, 6) is -0.502. The molecule has 1 aromatic rings. The van der Waals surface area contributed by atoms with Crippen molar-refractivity contribution in [2.75, 3.05) is 0 Å². The van der Waals surface area contributed by atoms with Gasteiger partial charge in [0.2, 0.25) is 0 Å². The van der Waals surface area contributed by atoms with E-state index in [1.54, 1.807) is 0 Å². The van der Waals surface area contributed by atoms with E-state index in [1.807, 2.05) is 0 Å². The molecule has 1 aliphatic carbocycles. The van der Waals surface area contributed by atoms with Crippen LogP contribution < -0.4 is 5.32 Å². The Morgan fingerprint density at radius 3 is 2.05 bits per heavy atom. The number of nitrogens with zero attached hydrogens (tertiary/aromatic N) is 2. The summed E-state index contributed by atoms with van der Waals surface area (Å²) in [7, 11) is 0. The molecule has 0 spiro atoms. The number of nitro groups is 2. The van der Waals surface area contributed by atoms with Crippen LogP contribution in [0.2, 0.25) is 0 Å². The molecule has 1 fully saturated rings. The zero-order chi connectivity index (χ0) is 16.3. The minimum atomic E-state index is -0.709. The molecule has 118 valence electrons. The Hall–Kier alpha value is -2.51. The standard InChI is InChI=1S/C14H17N3O5/c1-9-12(16(19)20)7-10(8-13(9)17(21)22)14(18)15-11-5-3-2-4-6-11/h7-8,11H,2-6H2,1H3,(H,15,18). The van der Waals surface area contributed by atoms with Crippen LogP contribution in [0.25, 0.3) is 0 Å². The highest BCUT2D eigenvalue weighted by molar-refractivity contribution is 5.96. The fourth-order valence-electron chi connectivity index (χ4n) is 2.71. The number of benzene rings is 1. The van der Waals surface area contributed by atoms with Crippen LogP contribution in [0, 0.1) is 27.2 Å². The van der Waals surface area contributed by atoms with Gasteiger partial charge < -0.3 is 5.32 Å². The van der Waals surface area contributed by atoms with Gasteiger partial charge in [0, 0.05) is 18.2 Å². The second-order valence-corrected chi connectivity index (χ2v) is 5.46. The summed E-state index contributed by atoms with van der Waals surface area (Å²) >= 11 is 0. The first-order valence-electron chi connectivity index (χ1n) is 7.14. The summed E-state index contributed by atoms with van der Waals surface area (Å²) < 4.78 is 0. The molecular formula is C14H17N3O5. The maximum atomic E-state index is 12.2. The van der Waals surface area contributed by atoms with Crippen molar-refractivity contribution >= 4 is 17.3 Å². The summed E-state index contributed by atoms with van der Waals surface area (Å²) in [5, 5.41) is 24.8. The maximum Gasteiger partial charge on any atom is 0.279 e. The molecule has 1 amide bonds. The Morgan fingerprint density at radius 2 is 1.59 bits per heavy atom. The van der Waals surface area contributed by atoms with Crippen molar-refractivity contribution in [2.45, 2.75) is 45.1 Å². The van der Waals surface area contributed by atoms with E-state index in [2.05, 4.69) is 5.32 Å². The van der Waals surface area contributed by atoms with Crippen LogP contribution in [0.5, 0.6) is 0 Å². The van der Waals surface area contributed by atoms with E-state index < -0.39 is 27.1 Å². The quantitative estimate of drug-likeness (QED) is 0.678. The maximum absolute atomic E-state index is 12.2. The first kappa shape index (κ1) is 15.9. The molecule has 8 heteroatoms. The second kappa shape index (κ2) is 6.50. The van der Waals surface area contributed by atoms with Gasteiger partial charge in [0.25, 0.3) is 17.3 Å². The van der Waals surface area contributed by atoms with E-state index in [1.165, 1.54) is 6.92 Å². The molecular weight excluding hydrogens is 290 g/mol. The van der Waals surface area contributed by atoms with Gasteiger partial charge in [-0.1, -0.05) is 19.3 Å². The highest BCUT2D eigenvalue weighted by atomic mass is 16.6. The minimum Gasteiger partial charge on any atom is -0.349 e. The lowest BCUT2D eigenvalue weighted by Gasteiger charge is -2.22. The van der Waals surface area contributed by atoms with Crippen LogP contribution in [0.1, 0.15) is 48.0 Å². The van der Waals surface area contributed by atoms with Crippen molar-refractivity contribution in [3.63, 3.8) is 0 Å². The van der Waals surface area contributed by atoms with Gasteiger partial charge in [0.1, 0.15) is 5.56 Å². The van der Waals surface area contributed by atoms with Crippen molar-refractivity contribution < 1.29 is 14.6 Å². The summed E-state index contributed by atoms with van der Waals surface area (Å²) in [4.78, 5) is 32.8. The predicted molar refractivity (Wildman–Crippen MR) is 78.8 cm³/mol. The first-order valence-corrected chi connectivity index (χ1v) is 7.14. The molecule has 1 aliphatic rings. The Morgan fingerprint density at radius 1 is 1.09 bits per heavy atom. The normalized spacial score (nSPS) is 15.3. The number of carbonyl (C=O) groups excluding carboxylic acids is 1. The van der Waals surface area contributed by atoms with Gasteiger partial charge in [-0.25, -0.2) is 0 Å². The van der Waals surface area contributed by atoms with Crippen LogP contribution >= 0.6 is 0 Å². The number of nitrogens with one attached hydrogen (secondary N) is 1. The van der Waals surface area contributed by atoms with E-state index in [9.17, 15) is 25.0 Å². The molecule has 0 unspecified atom stereocenters. The number of nitro benzene ring substituents is 2. The molecule has 22 heavy (non-hydrogen) atoms. The van der Waals surface area contributed by atoms with Crippen molar-refractivity contribution in [1.82, 2.24) is 5.32 Å². The summed E-state index contributed by atoms with van der Waals surface area (Å²) in [6, 6.07) is 2.22. The molecule has 1 N–H and O–H groups in total. The van der Waals surface area contributed by atoms with Gasteiger partial charge in [0.15, 0.2) is 0 Å². The number of hydrogen-bond donors (Lipinski definition) is 1. The van der Waals surface area contributed by atoms with Crippen molar-refractivity contribution in [3.8, 4) is 0 Å². The largest absolute Gasteiger partial charge is 0.349 e. The topological polar surface area (TPSA) is 115 Å². The number of amides is 1. The number of hydrogen-bond acceptors (Lipinski definition) is 5. The Kier molecular flexibility index (Phi) is 4.69. The zero-order valence-electron chi connectivity index (χ0n) is 12.2. The third-order valence-electron chi connectivity index (χ3n) is 3.95. The average molecular weight is 307 g/mol. The van der Waals surface area contributed by atoms with Gasteiger partial charge in [-0.15, -0.1) is 0 Å². The van der Waals surface area contributed by atoms with Gasteiger partial charge in [-0.2, -0.15) is 0 Å². The lowest BCUT2D eigenvalue weighted by Crippen LogP contribution is -2.36. The lowest BCUT2D eigenvalue weighted by atomic mass is 9.95. The Bertz CT molecular complexity index is 588. The van der Waals surface area contributed by atoms with Crippen LogP contribution in [0.15, 0.2) is 12.1 Å². The monoisotopic (exact) mass is 307 g/mol. The molecule has 0 radical (unpaired) electrons. The average Bonchev–Trinajstić information content (AvgIpc) is 2.47. The molecule has 1 saturated carbocycles. The highest BCUT2D eigenvalue weighted by Gasteiger charge is 2.26. The molecule has 0 aliphatic heterocycles. The van der Waals surface area contributed by atoms with Crippen molar-refractivity contribution in [2.24, 2.45) is 0 Å². The zero-order valence-corrected chi connectivity index (χ0v) is 12.2. The SMILES string of the molecule is Cc1c([N+](=O)[O-])cc(C(=O)NC2CCCCC2)cc1[N+](=O)[O-]. The van der Waals surface area contributed by atoms with Crippen LogP contribution in [-0.4, -0.2) is 21.8 Å². The third-order valence-corrected chi connectivity index (χ3v) is 3.95. The van der Waals surface area contributed by atoms with Gasteiger partial charge in [-0.05, 0) is 19.8 Å². The molecule has 0 heterocycles. The highest BCUT2D eigenvalue weighted by Crippen LogP contribution is 2.29. The molecule has 0 saturated heterocycles. The smallest absolute Gasteiger partial charge is 0.279 e. The van der Waals surface area contributed by atoms with E-state index in [-0.39, 0.29) is 17.2 Å². The van der Waals surface area contributed by atoms with Crippen LogP contribution in [0.3, 0.4) is 0 Å². The van der Waals surface area contributed by atoms with Crippen molar-refractivity contribution in [3.05, 3.63) is 43.5 Å². The molecule has 2 rings (SSSR count). The molecule has 8 nitrogen and oxygen atoms in total. The van der Waals surface area contributed by atoms with Gasteiger partial charge in [0.05, 0.1) is 15.4 Å². The first-order chi connectivity index (χ1) is 10.4. The Labute approximate surface area is 126 Å². The van der Waals surface area contributed by atoms with E-state index in [4.69, 9.17) is 0 Å². The minimum absolute atomic E-state index is 0.0284. The molecule has 0 aromatic heterocycles. The fraction of sp³-hybridized carbons (Fsp3) is 0.500.